The number of benzene rings is 11. The summed E-state index contributed by atoms with van der Waals surface area (Å²) in [7, 11) is 4.47. The fourth-order valence-corrected chi connectivity index (χ4v) is 18.1. The smallest absolute Gasteiger partial charge is 0.220 e. The van der Waals surface area contributed by atoms with Crippen LogP contribution in [0.3, 0.4) is 0 Å². The van der Waals surface area contributed by atoms with Crippen LogP contribution >= 0.6 is 0 Å². The van der Waals surface area contributed by atoms with E-state index in [0.717, 1.165) is 61.2 Å². The van der Waals surface area contributed by atoms with E-state index in [4.69, 9.17) is 119 Å². The first-order chi connectivity index (χ1) is 71.9. The summed E-state index contributed by atoms with van der Waals surface area (Å²) in [4.78, 5) is 12.4. The van der Waals surface area contributed by atoms with Crippen molar-refractivity contribution in [3.63, 3.8) is 0 Å². The monoisotopic (exact) mass is 2040 g/mol. The molecular weight excluding hydrogens is 1890 g/mol. The van der Waals surface area contributed by atoms with E-state index in [1.165, 1.54) is 21.3 Å². The number of carbonyl (C=O) groups is 1. The van der Waals surface area contributed by atoms with Crippen molar-refractivity contribution < 1.29 is 139 Å². The summed E-state index contributed by atoms with van der Waals surface area (Å²) in [6, 6.07) is 110. The van der Waals surface area contributed by atoms with E-state index in [2.05, 4.69) is 50.2 Å². The summed E-state index contributed by atoms with van der Waals surface area (Å²) in [5.74, 6) is -1.58. The molecule has 5 unspecified atom stereocenters. The highest BCUT2D eigenvalue weighted by molar-refractivity contribution is 5.88. The molecule has 23 atom stereocenters. The van der Waals surface area contributed by atoms with E-state index in [1.54, 1.807) is 20.8 Å². The Morgan fingerprint density at radius 3 is 0.973 bits per heavy atom. The number of aliphatic hydroxyl groups excluding tert-OH is 3. The van der Waals surface area contributed by atoms with E-state index < -0.39 is 109 Å². The molecule has 11 aromatic rings. The number of rotatable bonds is 42. The average molecular weight is 2040 g/mol. The standard InChI is InChI=1S/C28H32O4.C22H26O5.C21H26O5.C20H24O5.C20H22O5.C8H14O5/c1-22-28(2,31-20-25-16-10-5-11-17-25)27(30-19-24-14-8-4-9-15-24)26(32-22)21-29-18-23-12-6-3-7-13-23;1-22(2)26-20-19(24-14-17-11-7-4-8-12-17)18(25-21(20)27-22)15-23-13-16-9-5-3-6-10-16;1-21(22)19(25-14-17-11-7-4-8-12-17)18(26-20(21)23-2)15-24-13-16-9-5-3-6-10-16;2*1-22-20-18(21)19(24-13-16-10-6-3-7-11-16)17(25-20)14-23-12-15-8-4-2-5-9-15;1-8(2)12-6-5(10)4(3-9)11-7(6)13-8/h3-17,22,26-27H,18-21H2,1-2H3;3-12,18-21H,13-15H2,1-2H3;3-12,18-20,22H,13-15H2,1-2H3;2-11,17-21H,12-14H2,1H3;2-11,17,19-20H,12-14H2,1H3;4-7,9-10H,3H2,1-2H3/t22-,26-,27-,28-;18-,19-,20?,21?;18-,19-,20+,21+;17-,18?,19-,20+;17-,19-,20+;4-,5-,6?,7?/m111111/s1. The van der Waals surface area contributed by atoms with Crippen molar-refractivity contribution in [2.45, 2.75) is 273 Å². The second-order valence-corrected chi connectivity index (χ2v) is 38.3. The first-order valence-electron chi connectivity index (χ1n) is 50.4. The lowest BCUT2D eigenvalue weighted by Crippen LogP contribution is -2.49. The number of aliphatic hydroxyl groups is 4. The molecule has 4 N–H and O–H groups in total. The Balaban J connectivity index is 0.000000142. The van der Waals surface area contributed by atoms with Crippen molar-refractivity contribution in [2.24, 2.45) is 0 Å². The van der Waals surface area contributed by atoms with Crippen molar-refractivity contribution in [3.05, 3.63) is 395 Å². The Morgan fingerprint density at radius 1 is 0.297 bits per heavy atom. The minimum absolute atomic E-state index is 0.127. The van der Waals surface area contributed by atoms with Crippen LogP contribution in [0.2, 0.25) is 0 Å². The van der Waals surface area contributed by atoms with Gasteiger partial charge < -0.3 is 134 Å². The zero-order valence-electron chi connectivity index (χ0n) is 85.9. The zero-order chi connectivity index (χ0) is 104. The molecule has 8 aliphatic heterocycles. The van der Waals surface area contributed by atoms with Crippen LogP contribution < -0.4 is 0 Å². The Hall–Kier alpha value is -10.0. The van der Waals surface area contributed by atoms with Crippen LogP contribution in [-0.4, -0.2) is 239 Å². The van der Waals surface area contributed by atoms with Gasteiger partial charge in [-0.25, -0.2) is 0 Å². The molecule has 0 saturated carbocycles. The molecule has 11 aromatic carbocycles. The van der Waals surface area contributed by atoms with Crippen LogP contribution in [0.4, 0.5) is 0 Å². The Bertz CT molecular complexity index is 5500. The zero-order valence-corrected chi connectivity index (χ0v) is 85.9. The van der Waals surface area contributed by atoms with Crippen molar-refractivity contribution >= 4 is 5.78 Å². The SMILES string of the molecule is CC1(C)OC2O[C@H](CO)[C@@H](O)C2O1.CC1(C)OC2O[C@H](COCc3ccccc3)[C@@H](OCc3ccccc3)C2O1.CO[C@H]1O[C@H](COCc2ccccc2)[C@@H](OCc2ccccc2)C1=O.CO[C@H]1O[C@H](COCc2ccccc2)[C@@H](OCc2ccccc2)C1O.CO[C@H]1O[C@H](COCc2ccccc2)[C@@H](OCc2ccccc2)[C@]1(C)O.C[C@H]1O[C@H](COCc2ccccc2)[C@@H](OCc2ccccc2)[C@]1(C)OCc1ccccc1. The van der Waals surface area contributed by atoms with Gasteiger partial charge in [-0.2, -0.15) is 0 Å². The number of methoxy groups -OCH3 is 3. The molecule has 794 valence electrons. The third-order valence-corrected chi connectivity index (χ3v) is 26.0. The summed E-state index contributed by atoms with van der Waals surface area (Å²) in [6.45, 7) is 19.8. The van der Waals surface area contributed by atoms with Gasteiger partial charge in [0.15, 0.2) is 36.7 Å². The van der Waals surface area contributed by atoms with E-state index >= 15 is 0 Å². The maximum Gasteiger partial charge on any atom is 0.220 e. The molecular formula is C119H144O29. The molecule has 8 aliphatic rings. The van der Waals surface area contributed by atoms with E-state index in [9.17, 15) is 20.1 Å². The van der Waals surface area contributed by atoms with Crippen LogP contribution in [0.5, 0.6) is 0 Å². The molecule has 0 bridgehead atoms. The second-order valence-electron chi connectivity index (χ2n) is 38.3. The number of fused-ring (bicyclic) bond motifs is 2. The molecule has 19 rings (SSSR count). The fourth-order valence-electron chi connectivity index (χ4n) is 18.1. The summed E-state index contributed by atoms with van der Waals surface area (Å²) in [5, 5.41) is 39.7. The van der Waals surface area contributed by atoms with Gasteiger partial charge in [-0.1, -0.05) is 334 Å². The highest BCUT2D eigenvalue weighted by Gasteiger charge is 2.59. The highest BCUT2D eigenvalue weighted by Crippen LogP contribution is 2.43. The minimum Gasteiger partial charge on any atom is -0.394 e. The Morgan fingerprint density at radius 2 is 0.608 bits per heavy atom. The highest BCUT2D eigenvalue weighted by atomic mass is 16.9. The molecule has 0 aromatic heterocycles. The van der Waals surface area contributed by atoms with Crippen LogP contribution in [0.1, 0.15) is 110 Å². The maximum atomic E-state index is 12.4. The van der Waals surface area contributed by atoms with Gasteiger partial charge in [0.25, 0.3) is 0 Å². The van der Waals surface area contributed by atoms with Crippen molar-refractivity contribution in [1.82, 2.24) is 0 Å². The van der Waals surface area contributed by atoms with Crippen molar-refractivity contribution in [1.29, 1.82) is 0 Å². The van der Waals surface area contributed by atoms with Gasteiger partial charge in [-0.05, 0) is 110 Å². The third-order valence-electron chi connectivity index (χ3n) is 26.0. The number of Topliss-reactive ketones (excluding diaryl/α,β-unsaturated/α-hetero) is 1. The first kappa shape index (κ1) is 114. The largest absolute Gasteiger partial charge is 0.394 e. The van der Waals surface area contributed by atoms with Crippen LogP contribution in [-0.2, 0) is 191 Å². The molecule has 148 heavy (non-hydrogen) atoms. The van der Waals surface area contributed by atoms with Gasteiger partial charge in [-0.15, -0.1) is 0 Å². The summed E-state index contributed by atoms with van der Waals surface area (Å²) >= 11 is 0. The van der Waals surface area contributed by atoms with Crippen molar-refractivity contribution in [3.8, 4) is 0 Å². The fraction of sp³-hybridized carbons (Fsp3) is 0.437. The van der Waals surface area contributed by atoms with Gasteiger partial charge in [0, 0.05) is 21.3 Å². The van der Waals surface area contributed by atoms with Gasteiger partial charge in [0.1, 0.15) is 103 Å². The molecule has 8 saturated heterocycles. The van der Waals surface area contributed by atoms with Crippen LogP contribution in [0, 0.1) is 0 Å². The van der Waals surface area contributed by atoms with Crippen LogP contribution in [0.15, 0.2) is 334 Å². The number of ether oxygens (including phenoxy) is 24. The Kier molecular flexibility index (Phi) is 44.5. The molecule has 29 heteroatoms. The van der Waals surface area contributed by atoms with Gasteiger partial charge >= 0.3 is 0 Å². The van der Waals surface area contributed by atoms with E-state index in [-0.39, 0.29) is 61.7 Å². The van der Waals surface area contributed by atoms with Gasteiger partial charge in [-0.3, -0.25) is 4.79 Å². The molecule has 29 nitrogen and oxygen atoms in total. The summed E-state index contributed by atoms with van der Waals surface area (Å²) in [5.41, 5.74) is 10.1. The molecule has 8 heterocycles. The minimum atomic E-state index is -1.26. The number of carbonyl (C=O) groups excluding carboxylic acids is 1. The summed E-state index contributed by atoms with van der Waals surface area (Å²) in [6.07, 6.45) is -10.4. The number of hydrogen-bond acceptors (Lipinski definition) is 29. The Labute approximate surface area is 868 Å². The van der Waals surface area contributed by atoms with Crippen LogP contribution in [0.25, 0.3) is 0 Å². The normalized spacial score (nSPS) is 28.2. The van der Waals surface area contributed by atoms with E-state index in [0.29, 0.717) is 99.1 Å². The lowest BCUT2D eigenvalue weighted by atomic mass is 9.92. The summed E-state index contributed by atoms with van der Waals surface area (Å²) < 4.78 is 139. The molecule has 8 fully saturated rings. The maximum absolute atomic E-state index is 12.4. The second kappa shape index (κ2) is 58.0. The van der Waals surface area contributed by atoms with Gasteiger partial charge in [0.2, 0.25) is 12.1 Å². The predicted octanol–water partition coefficient (Wildman–Crippen LogP) is 16.6. The predicted molar refractivity (Wildman–Crippen MR) is 549 cm³/mol. The third kappa shape index (κ3) is 33.7. The number of ketones is 1. The molecule has 0 radical (unpaired) electrons. The molecule has 0 spiro atoms. The van der Waals surface area contributed by atoms with Crippen molar-refractivity contribution in [2.75, 3.05) is 61.0 Å². The average Bonchev–Trinajstić information content (AvgIpc) is 1.62. The lowest BCUT2D eigenvalue weighted by molar-refractivity contribution is -0.225. The molecule has 0 amide bonds. The quantitative estimate of drug-likeness (QED) is 0.0276. The molecule has 0 aliphatic carbocycles. The van der Waals surface area contributed by atoms with Gasteiger partial charge in [0.05, 0.1) is 118 Å². The lowest BCUT2D eigenvalue weighted by Gasteiger charge is -2.34. The first-order valence-corrected chi connectivity index (χ1v) is 50.4. The topological polar surface area (TPSA) is 320 Å². The number of hydrogen-bond donors (Lipinski definition) is 4. The van der Waals surface area contributed by atoms with E-state index in [1.807, 2.05) is 311 Å².